The number of rotatable bonds is 1. The van der Waals surface area contributed by atoms with Crippen molar-refractivity contribution in [2.45, 2.75) is 51.2 Å². The maximum Gasteiger partial charge on any atom is 0.0767 e. The molecule has 1 N–H and O–H groups in total. The van der Waals surface area contributed by atoms with Crippen LogP contribution in [-0.2, 0) is 4.74 Å². The van der Waals surface area contributed by atoms with Crippen molar-refractivity contribution in [3.05, 3.63) is 11.6 Å². The van der Waals surface area contributed by atoms with Gasteiger partial charge in [0.05, 0.1) is 11.7 Å². The smallest absolute Gasteiger partial charge is 0.0767 e. The Labute approximate surface area is 86.7 Å². The van der Waals surface area contributed by atoms with Crippen molar-refractivity contribution in [3.8, 4) is 0 Å². The number of piperidine rings is 1. The van der Waals surface area contributed by atoms with E-state index in [1.54, 1.807) is 5.57 Å². The zero-order chi connectivity index (χ0) is 10.0. The van der Waals surface area contributed by atoms with E-state index >= 15 is 0 Å². The summed E-state index contributed by atoms with van der Waals surface area (Å²) in [5.74, 6) is 0. The van der Waals surface area contributed by atoms with Gasteiger partial charge >= 0.3 is 0 Å². The van der Waals surface area contributed by atoms with Crippen LogP contribution in [-0.4, -0.2) is 24.8 Å². The number of ether oxygens (including phenoxy) is 1. The van der Waals surface area contributed by atoms with Gasteiger partial charge in [0.15, 0.2) is 0 Å². The third-order valence-corrected chi connectivity index (χ3v) is 3.13. The molecule has 0 saturated carbocycles. The molecule has 0 spiro atoms. The van der Waals surface area contributed by atoms with Gasteiger partial charge < -0.3 is 10.1 Å². The van der Waals surface area contributed by atoms with Crippen molar-refractivity contribution in [1.82, 2.24) is 5.32 Å². The highest BCUT2D eigenvalue weighted by molar-refractivity contribution is 5.10. The maximum atomic E-state index is 5.95. The average molecular weight is 195 g/mol. The van der Waals surface area contributed by atoms with Crippen molar-refractivity contribution in [2.24, 2.45) is 0 Å². The van der Waals surface area contributed by atoms with E-state index in [0.29, 0.717) is 6.10 Å². The second kappa shape index (κ2) is 4.03. The van der Waals surface area contributed by atoms with Crippen LogP contribution in [0.25, 0.3) is 0 Å². The lowest BCUT2D eigenvalue weighted by atomic mass is 10.0. The number of hydrogen-bond acceptors (Lipinski definition) is 2. The summed E-state index contributed by atoms with van der Waals surface area (Å²) in [6, 6.07) is 0. The molecule has 2 fully saturated rings. The molecule has 0 aromatic heterocycles. The van der Waals surface area contributed by atoms with Crippen LogP contribution >= 0.6 is 0 Å². The van der Waals surface area contributed by atoms with Gasteiger partial charge in [-0.3, -0.25) is 0 Å². The third kappa shape index (κ3) is 2.58. The second-order valence-corrected chi connectivity index (χ2v) is 5.06. The van der Waals surface area contributed by atoms with Gasteiger partial charge in [-0.15, -0.1) is 0 Å². The van der Waals surface area contributed by atoms with Crippen LogP contribution in [0, 0.1) is 0 Å². The van der Waals surface area contributed by atoms with Crippen molar-refractivity contribution < 1.29 is 4.74 Å². The molecule has 2 nitrogen and oxygen atoms in total. The van der Waals surface area contributed by atoms with E-state index in [1.165, 1.54) is 32.2 Å². The summed E-state index contributed by atoms with van der Waals surface area (Å²) < 4.78 is 5.95. The van der Waals surface area contributed by atoms with Gasteiger partial charge in [-0.05, 0) is 46.1 Å². The molecule has 0 aliphatic carbocycles. The van der Waals surface area contributed by atoms with E-state index in [0.717, 1.165) is 6.54 Å². The Hall–Kier alpha value is -0.340. The van der Waals surface area contributed by atoms with Gasteiger partial charge in [-0.25, -0.2) is 0 Å². The predicted octanol–water partition coefficient (Wildman–Crippen LogP) is 2.25. The van der Waals surface area contributed by atoms with E-state index in [2.05, 4.69) is 25.2 Å². The Balaban J connectivity index is 1.90. The van der Waals surface area contributed by atoms with E-state index in [9.17, 15) is 0 Å². The molecule has 2 rings (SSSR count). The standard InChI is InChI=1S/C12H21NO/c1-12(2)6-5-11(14-12)8-10-4-3-7-13-9-10/h8,11,13H,3-7,9H2,1-2H3/b10-8-. The molecule has 2 heterocycles. The van der Waals surface area contributed by atoms with Gasteiger partial charge in [0, 0.05) is 6.54 Å². The highest BCUT2D eigenvalue weighted by atomic mass is 16.5. The van der Waals surface area contributed by atoms with Gasteiger partial charge in [0.1, 0.15) is 0 Å². The van der Waals surface area contributed by atoms with Gasteiger partial charge in [-0.1, -0.05) is 11.6 Å². The van der Waals surface area contributed by atoms with E-state index in [-0.39, 0.29) is 5.60 Å². The molecule has 0 radical (unpaired) electrons. The fourth-order valence-corrected chi connectivity index (χ4v) is 2.32. The third-order valence-electron chi connectivity index (χ3n) is 3.13. The molecule has 0 bridgehead atoms. The number of nitrogens with one attached hydrogen (secondary N) is 1. The fraction of sp³-hybridized carbons (Fsp3) is 0.833. The highest BCUT2D eigenvalue weighted by Gasteiger charge is 2.30. The van der Waals surface area contributed by atoms with Gasteiger partial charge in [-0.2, -0.15) is 0 Å². The normalized spacial score (nSPS) is 35.0. The Morgan fingerprint density at radius 1 is 1.50 bits per heavy atom. The molecule has 14 heavy (non-hydrogen) atoms. The summed E-state index contributed by atoms with van der Waals surface area (Å²) in [4.78, 5) is 0. The summed E-state index contributed by atoms with van der Waals surface area (Å²) >= 11 is 0. The molecule has 80 valence electrons. The minimum Gasteiger partial charge on any atom is -0.368 e. The Bertz CT molecular complexity index is 224. The highest BCUT2D eigenvalue weighted by Crippen LogP contribution is 2.30. The van der Waals surface area contributed by atoms with E-state index in [4.69, 9.17) is 4.74 Å². The lowest BCUT2D eigenvalue weighted by Crippen LogP contribution is -2.25. The van der Waals surface area contributed by atoms with Crippen molar-refractivity contribution >= 4 is 0 Å². The molecule has 1 atom stereocenters. The quantitative estimate of drug-likeness (QED) is 0.648. The Kier molecular flexibility index (Phi) is 2.93. The first kappa shape index (κ1) is 10.2. The molecular weight excluding hydrogens is 174 g/mol. The molecule has 2 heteroatoms. The SMILES string of the molecule is CC1(C)CCC(/C=C2/CCCNC2)O1. The van der Waals surface area contributed by atoms with Gasteiger partial charge in [0.2, 0.25) is 0 Å². The minimum atomic E-state index is 0.101. The zero-order valence-electron chi connectivity index (χ0n) is 9.31. The summed E-state index contributed by atoms with van der Waals surface area (Å²) in [5.41, 5.74) is 1.64. The summed E-state index contributed by atoms with van der Waals surface area (Å²) in [6.45, 7) is 6.61. The van der Waals surface area contributed by atoms with E-state index < -0.39 is 0 Å². The first-order valence-corrected chi connectivity index (χ1v) is 5.74. The number of hydrogen-bond donors (Lipinski definition) is 1. The van der Waals surface area contributed by atoms with Crippen molar-refractivity contribution in [1.29, 1.82) is 0 Å². The molecule has 2 saturated heterocycles. The van der Waals surface area contributed by atoms with Crippen molar-refractivity contribution in [3.63, 3.8) is 0 Å². The van der Waals surface area contributed by atoms with Gasteiger partial charge in [0.25, 0.3) is 0 Å². The van der Waals surface area contributed by atoms with Crippen LogP contribution in [0.2, 0.25) is 0 Å². The predicted molar refractivity (Wildman–Crippen MR) is 58.4 cm³/mol. The summed E-state index contributed by atoms with van der Waals surface area (Å²) in [6.07, 6.45) is 7.64. The Morgan fingerprint density at radius 3 is 2.93 bits per heavy atom. The minimum absolute atomic E-state index is 0.101. The Morgan fingerprint density at radius 2 is 2.36 bits per heavy atom. The zero-order valence-corrected chi connectivity index (χ0v) is 9.31. The molecule has 0 aromatic rings. The van der Waals surface area contributed by atoms with Crippen LogP contribution in [0.1, 0.15) is 39.5 Å². The average Bonchev–Trinajstić information content (AvgIpc) is 2.47. The molecule has 1 unspecified atom stereocenters. The van der Waals surface area contributed by atoms with Crippen LogP contribution in [0.4, 0.5) is 0 Å². The van der Waals surface area contributed by atoms with Crippen LogP contribution in [0.5, 0.6) is 0 Å². The topological polar surface area (TPSA) is 21.3 Å². The molecular formula is C12H21NO. The van der Waals surface area contributed by atoms with Crippen molar-refractivity contribution in [2.75, 3.05) is 13.1 Å². The van der Waals surface area contributed by atoms with Crippen LogP contribution < -0.4 is 5.32 Å². The van der Waals surface area contributed by atoms with Crippen LogP contribution in [0.15, 0.2) is 11.6 Å². The molecule has 0 amide bonds. The van der Waals surface area contributed by atoms with E-state index in [1.807, 2.05) is 0 Å². The molecule has 2 aliphatic rings. The first-order chi connectivity index (χ1) is 6.66. The maximum absolute atomic E-state index is 5.95. The second-order valence-electron chi connectivity index (χ2n) is 5.06. The first-order valence-electron chi connectivity index (χ1n) is 5.74. The van der Waals surface area contributed by atoms with Crippen LogP contribution in [0.3, 0.4) is 0 Å². The fourth-order valence-electron chi connectivity index (χ4n) is 2.32. The summed E-state index contributed by atoms with van der Waals surface area (Å²) in [7, 11) is 0. The lowest BCUT2D eigenvalue weighted by molar-refractivity contribution is 0.00478. The lowest BCUT2D eigenvalue weighted by Gasteiger charge is -2.20. The molecule has 0 aromatic carbocycles. The molecule has 2 aliphatic heterocycles. The summed E-state index contributed by atoms with van der Waals surface area (Å²) in [5, 5.41) is 3.41. The monoisotopic (exact) mass is 195 g/mol. The largest absolute Gasteiger partial charge is 0.368 e.